The quantitative estimate of drug-likeness (QED) is 0.792. The molecule has 0 amide bonds. The Bertz CT molecular complexity index is 509. The lowest BCUT2D eigenvalue weighted by atomic mass is 10.1. The van der Waals surface area contributed by atoms with Crippen LogP contribution in [0.5, 0.6) is 11.5 Å². The van der Waals surface area contributed by atoms with Crippen molar-refractivity contribution in [3.8, 4) is 11.5 Å². The highest BCUT2D eigenvalue weighted by atomic mass is 16.5. The summed E-state index contributed by atoms with van der Waals surface area (Å²) in [5, 5.41) is 2.26. The highest BCUT2D eigenvalue weighted by Gasteiger charge is 2.08. The van der Waals surface area contributed by atoms with Crippen molar-refractivity contribution in [1.29, 1.82) is 0 Å². The molecule has 1 heterocycles. The van der Waals surface area contributed by atoms with Crippen LogP contribution < -0.4 is 9.47 Å². The SMILES string of the molecule is CCc1cncc2cc(OC)c(OC)cc12. The van der Waals surface area contributed by atoms with Gasteiger partial charge in [-0.1, -0.05) is 6.92 Å². The standard InChI is InChI=1S/C13H15NO2/c1-4-9-7-14-8-10-5-12(15-2)13(16-3)6-11(9)10/h5-8H,4H2,1-3H3. The number of rotatable bonds is 3. The highest BCUT2D eigenvalue weighted by Crippen LogP contribution is 2.33. The van der Waals surface area contributed by atoms with Gasteiger partial charge >= 0.3 is 0 Å². The number of aromatic nitrogens is 1. The third kappa shape index (κ3) is 1.69. The minimum atomic E-state index is 0.741. The molecule has 0 saturated carbocycles. The maximum absolute atomic E-state index is 5.30. The zero-order valence-corrected chi connectivity index (χ0v) is 9.78. The molecule has 0 N–H and O–H groups in total. The fourth-order valence-electron chi connectivity index (χ4n) is 1.84. The number of nitrogens with zero attached hydrogens (tertiary/aromatic N) is 1. The Morgan fingerprint density at radius 2 is 1.75 bits per heavy atom. The number of fused-ring (bicyclic) bond motifs is 1. The van der Waals surface area contributed by atoms with Gasteiger partial charge in [0.2, 0.25) is 0 Å². The van der Waals surface area contributed by atoms with E-state index in [1.807, 2.05) is 24.5 Å². The van der Waals surface area contributed by atoms with E-state index in [4.69, 9.17) is 9.47 Å². The van der Waals surface area contributed by atoms with E-state index >= 15 is 0 Å². The summed E-state index contributed by atoms with van der Waals surface area (Å²) in [7, 11) is 3.29. The summed E-state index contributed by atoms with van der Waals surface area (Å²) >= 11 is 0. The van der Waals surface area contributed by atoms with Crippen LogP contribution in [0.25, 0.3) is 10.8 Å². The van der Waals surface area contributed by atoms with E-state index in [0.717, 1.165) is 23.3 Å². The van der Waals surface area contributed by atoms with Crippen LogP contribution in [0.3, 0.4) is 0 Å². The molecule has 16 heavy (non-hydrogen) atoms. The van der Waals surface area contributed by atoms with Crippen LogP contribution in [-0.4, -0.2) is 19.2 Å². The second-order valence-corrected chi connectivity index (χ2v) is 3.58. The summed E-state index contributed by atoms with van der Waals surface area (Å²) in [6.07, 6.45) is 4.70. The van der Waals surface area contributed by atoms with Gasteiger partial charge in [-0.3, -0.25) is 4.98 Å². The van der Waals surface area contributed by atoms with Crippen molar-refractivity contribution in [3.05, 3.63) is 30.1 Å². The number of ether oxygens (including phenoxy) is 2. The summed E-state index contributed by atoms with van der Waals surface area (Å²) in [6.45, 7) is 2.12. The van der Waals surface area contributed by atoms with Gasteiger partial charge in [-0.15, -0.1) is 0 Å². The first-order valence-electron chi connectivity index (χ1n) is 5.28. The number of methoxy groups -OCH3 is 2. The zero-order valence-electron chi connectivity index (χ0n) is 9.78. The van der Waals surface area contributed by atoms with Crippen LogP contribution in [0.15, 0.2) is 24.5 Å². The van der Waals surface area contributed by atoms with E-state index in [1.165, 1.54) is 10.9 Å². The molecule has 0 unspecified atom stereocenters. The molecule has 0 radical (unpaired) electrons. The molecule has 0 aliphatic heterocycles. The van der Waals surface area contributed by atoms with Crippen LogP contribution in [0.4, 0.5) is 0 Å². The Morgan fingerprint density at radius 3 is 2.38 bits per heavy atom. The van der Waals surface area contributed by atoms with Gasteiger partial charge < -0.3 is 9.47 Å². The largest absolute Gasteiger partial charge is 0.493 e. The molecule has 0 aliphatic rings. The molecular weight excluding hydrogens is 202 g/mol. The van der Waals surface area contributed by atoms with E-state index in [2.05, 4.69) is 11.9 Å². The Kier molecular flexibility index (Phi) is 2.95. The van der Waals surface area contributed by atoms with Crippen LogP contribution in [0.1, 0.15) is 12.5 Å². The van der Waals surface area contributed by atoms with Crippen molar-refractivity contribution in [1.82, 2.24) is 4.98 Å². The Morgan fingerprint density at radius 1 is 1.06 bits per heavy atom. The van der Waals surface area contributed by atoms with Crippen LogP contribution >= 0.6 is 0 Å². The predicted octanol–water partition coefficient (Wildman–Crippen LogP) is 2.81. The molecule has 0 spiro atoms. The average Bonchev–Trinajstić information content (AvgIpc) is 2.36. The lowest BCUT2D eigenvalue weighted by molar-refractivity contribution is 0.356. The molecular formula is C13H15NO2. The average molecular weight is 217 g/mol. The lowest BCUT2D eigenvalue weighted by Crippen LogP contribution is -1.93. The molecule has 84 valence electrons. The second-order valence-electron chi connectivity index (χ2n) is 3.58. The minimum absolute atomic E-state index is 0.741. The fourth-order valence-corrected chi connectivity index (χ4v) is 1.84. The second kappa shape index (κ2) is 4.39. The Balaban J connectivity index is 2.72. The first-order valence-corrected chi connectivity index (χ1v) is 5.28. The molecule has 2 aromatic rings. The predicted molar refractivity (Wildman–Crippen MR) is 64.2 cm³/mol. The summed E-state index contributed by atoms with van der Waals surface area (Å²) in [5.74, 6) is 1.50. The smallest absolute Gasteiger partial charge is 0.161 e. The number of benzene rings is 1. The van der Waals surface area contributed by atoms with Gasteiger partial charge in [0.25, 0.3) is 0 Å². The lowest BCUT2D eigenvalue weighted by Gasteiger charge is -2.10. The number of hydrogen-bond donors (Lipinski definition) is 0. The molecule has 1 aromatic carbocycles. The zero-order chi connectivity index (χ0) is 11.5. The summed E-state index contributed by atoms with van der Waals surface area (Å²) < 4.78 is 10.6. The van der Waals surface area contributed by atoms with Crippen molar-refractivity contribution < 1.29 is 9.47 Å². The van der Waals surface area contributed by atoms with Crippen molar-refractivity contribution in [2.24, 2.45) is 0 Å². The molecule has 0 aliphatic carbocycles. The van der Waals surface area contributed by atoms with E-state index < -0.39 is 0 Å². The number of pyridine rings is 1. The van der Waals surface area contributed by atoms with Crippen LogP contribution in [0, 0.1) is 0 Å². The van der Waals surface area contributed by atoms with Crippen LogP contribution in [-0.2, 0) is 6.42 Å². The van der Waals surface area contributed by atoms with Crippen molar-refractivity contribution in [3.63, 3.8) is 0 Å². The molecule has 0 atom stereocenters. The molecule has 1 aromatic heterocycles. The molecule has 3 heteroatoms. The maximum atomic E-state index is 5.30. The van der Waals surface area contributed by atoms with Gasteiger partial charge in [0.15, 0.2) is 11.5 Å². The normalized spacial score (nSPS) is 10.4. The Hall–Kier alpha value is -1.77. The monoisotopic (exact) mass is 217 g/mol. The topological polar surface area (TPSA) is 31.4 Å². The van der Waals surface area contributed by atoms with Gasteiger partial charge in [-0.25, -0.2) is 0 Å². The van der Waals surface area contributed by atoms with Gasteiger partial charge in [-0.05, 0) is 29.5 Å². The summed E-state index contributed by atoms with van der Waals surface area (Å²) in [4.78, 5) is 4.22. The molecule has 2 rings (SSSR count). The van der Waals surface area contributed by atoms with Crippen molar-refractivity contribution >= 4 is 10.8 Å². The highest BCUT2D eigenvalue weighted by molar-refractivity contribution is 5.88. The molecule has 0 bridgehead atoms. The maximum Gasteiger partial charge on any atom is 0.161 e. The van der Waals surface area contributed by atoms with E-state index in [9.17, 15) is 0 Å². The van der Waals surface area contributed by atoms with E-state index in [1.54, 1.807) is 14.2 Å². The van der Waals surface area contributed by atoms with Crippen molar-refractivity contribution in [2.45, 2.75) is 13.3 Å². The number of hydrogen-bond acceptors (Lipinski definition) is 3. The summed E-state index contributed by atoms with van der Waals surface area (Å²) in [5.41, 5.74) is 1.22. The summed E-state index contributed by atoms with van der Waals surface area (Å²) in [6, 6.07) is 3.97. The number of aryl methyl sites for hydroxylation is 1. The van der Waals surface area contributed by atoms with Gasteiger partial charge in [0.05, 0.1) is 14.2 Å². The van der Waals surface area contributed by atoms with Crippen LogP contribution in [0.2, 0.25) is 0 Å². The Labute approximate surface area is 95.0 Å². The molecule has 0 saturated heterocycles. The van der Waals surface area contributed by atoms with Crippen molar-refractivity contribution in [2.75, 3.05) is 14.2 Å². The molecule has 3 nitrogen and oxygen atoms in total. The van der Waals surface area contributed by atoms with E-state index in [-0.39, 0.29) is 0 Å². The van der Waals surface area contributed by atoms with Gasteiger partial charge in [0.1, 0.15) is 0 Å². The molecule has 0 fully saturated rings. The first kappa shape index (κ1) is 10.7. The third-order valence-electron chi connectivity index (χ3n) is 2.73. The first-order chi connectivity index (χ1) is 7.80. The van der Waals surface area contributed by atoms with Gasteiger partial charge in [0, 0.05) is 17.8 Å². The fraction of sp³-hybridized carbons (Fsp3) is 0.308. The minimum Gasteiger partial charge on any atom is -0.493 e. The van der Waals surface area contributed by atoms with Gasteiger partial charge in [-0.2, -0.15) is 0 Å². The van der Waals surface area contributed by atoms with E-state index in [0.29, 0.717) is 0 Å². The third-order valence-corrected chi connectivity index (χ3v) is 2.73.